The predicted molar refractivity (Wildman–Crippen MR) is 134 cm³/mol. The molecule has 0 radical (unpaired) electrons. The summed E-state index contributed by atoms with van der Waals surface area (Å²) < 4.78 is 2.79. The Hall–Kier alpha value is -3.85. The zero-order chi connectivity index (χ0) is 24.1. The number of hydrogen-bond donors (Lipinski definition) is 1. The molecular weight excluding hydrogens is 462 g/mol. The minimum absolute atomic E-state index is 0.219. The van der Waals surface area contributed by atoms with Gasteiger partial charge in [0, 0.05) is 24.5 Å². The Morgan fingerprint density at radius 3 is 2.34 bits per heavy atom. The molecule has 176 valence electrons. The first-order chi connectivity index (χ1) is 17.0. The Morgan fingerprint density at radius 1 is 0.943 bits per heavy atom. The van der Waals surface area contributed by atoms with Gasteiger partial charge in [-0.25, -0.2) is 4.98 Å². The molecule has 6 rings (SSSR count). The number of nitrogens with one attached hydrogen (secondary N) is 1. The number of fused-ring (bicyclic) bond motifs is 2. The first kappa shape index (κ1) is 21.7. The lowest BCUT2D eigenvalue weighted by Gasteiger charge is -2.14. The van der Waals surface area contributed by atoms with Gasteiger partial charge < -0.3 is 5.32 Å². The summed E-state index contributed by atoms with van der Waals surface area (Å²) >= 11 is 1.56. The maximum absolute atomic E-state index is 13.0. The molecule has 1 fully saturated rings. The SMILES string of the molecule is Cc1cc(NC(=O)c2ccc(N3C(=O)CCC3=O)cc2)n(-c2nc3cc4c(cc3s2)CCCC4)n1. The molecule has 1 aliphatic carbocycles. The van der Waals surface area contributed by atoms with E-state index in [1.807, 2.05) is 13.0 Å². The standard InChI is InChI=1S/C26H23N5O3S/c1-15-12-22(28-25(34)16-6-8-19(9-7-16)30-23(32)10-11-24(30)33)31(29-15)26-27-20-13-17-4-2-3-5-18(17)14-21(20)35-26/h6-9,12-14H,2-5,10-11H2,1H3,(H,28,34). The molecular formula is C26H23N5O3S. The monoisotopic (exact) mass is 485 g/mol. The van der Waals surface area contributed by atoms with E-state index in [9.17, 15) is 14.4 Å². The van der Waals surface area contributed by atoms with Crippen LogP contribution in [0.1, 0.15) is 52.9 Å². The van der Waals surface area contributed by atoms with Crippen molar-refractivity contribution < 1.29 is 14.4 Å². The molecule has 0 saturated carbocycles. The fourth-order valence-corrected chi connectivity index (χ4v) is 5.76. The van der Waals surface area contributed by atoms with Crippen LogP contribution in [0.2, 0.25) is 0 Å². The van der Waals surface area contributed by atoms with Gasteiger partial charge in [-0.15, -0.1) is 0 Å². The number of thiazole rings is 1. The number of amides is 3. The van der Waals surface area contributed by atoms with Gasteiger partial charge in [-0.3, -0.25) is 19.3 Å². The smallest absolute Gasteiger partial charge is 0.256 e. The van der Waals surface area contributed by atoms with Gasteiger partial charge in [-0.2, -0.15) is 9.78 Å². The van der Waals surface area contributed by atoms with E-state index >= 15 is 0 Å². The zero-order valence-corrected chi connectivity index (χ0v) is 20.0. The Morgan fingerprint density at radius 2 is 1.63 bits per heavy atom. The van der Waals surface area contributed by atoms with Crippen LogP contribution >= 0.6 is 11.3 Å². The highest BCUT2D eigenvalue weighted by atomic mass is 32.1. The Balaban J connectivity index is 1.26. The minimum Gasteiger partial charge on any atom is -0.306 e. The van der Waals surface area contributed by atoms with E-state index in [4.69, 9.17) is 4.98 Å². The van der Waals surface area contributed by atoms with Gasteiger partial charge in [-0.1, -0.05) is 11.3 Å². The van der Waals surface area contributed by atoms with Crippen molar-refractivity contribution in [2.45, 2.75) is 45.4 Å². The normalized spacial score (nSPS) is 15.6. The number of aryl methyl sites for hydroxylation is 3. The van der Waals surface area contributed by atoms with Crippen LogP contribution < -0.4 is 10.2 Å². The first-order valence-corrected chi connectivity index (χ1v) is 12.5. The van der Waals surface area contributed by atoms with Gasteiger partial charge in [0.05, 0.1) is 21.6 Å². The van der Waals surface area contributed by atoms with Crippen LogP contribution in [0.5, 0.6) is 0 Å². The summed E-state index contributed by atoms with van der Waals surface area (Å²) in [5, 5.41) is 8.21. The summed E-state index contributed by atoms with van der Waals surface area (Å²) in [6.45, 7) is 1.87. The maximum atomic E-state index is 13.0. The molecule has 8 nitrogen and oxygen atoms in total. The highest BCUT2D eigenvalue weighted by Gasteiger charge is 2.30. The van der Waals surface area contributed by atoms with Gasteiger partial charge >= 0.3 is 0 Å². The van der Waals surface area contributed by atoms with Crippen LogP contribution in [0.25, 0.3) is 15.3 Å². The molecule has 0 atom stereocenters. The molecule has 1 aliphatic heterocycles. The Labute approximate surface area is 205 Å². The molecule has 2 aromatic carbocycles. The molecule has 4 aromatic rings. The topological polar surface area (TPSA) is 97.2 Å². The number of aromatic nitrogens is 3. The molecule has 3 amide bonds. The number of nitrogens with zero attached hydrogens (tertiary/aromatic N) is 4. The number of anilines is 2. The summed E-state index contributed by atoms with van der Waals surface area (Å²) in [6.07, 6.45) is 5.09. The van der Waals surface area contributed by atoms with Gasteiger partial charge in [0.2, 0.25) is 16.9 Å². The summed E-state index contributed by atoms with van der Waals surface area (Å²) in [4.78, 5) is 42.9. The van der Waals surface area contributed by atoms with Crippen LogP contribution in [-0.2, 0) is 22.4 Å². The molecule has 2 aromatic heterocycles. The molecule has 9 heteroatoms. The van der Waals surface area contributed by atoms with Crippen molar-refractivity contribution in [3.8, 4) is 5.13 Å². The number of benzene rings is 2. The van der Waals surface area contributed by atoms with E-state index in [-0.39, 0.29) is 30.6 Å². The number of rotatable bonds is 4. The van der Waals surface area contributed by atoms with Crippen LogP contribution in [0.4, 0.5) is 11.5 Å². The molecule has 0 spiro atoms. The van der Waals surface area contributed by atoms with Crippen molar-refractivity contribution in [2.75, 3.05) is 10.2 Å². The van der Waals surface area contributed by atoms with Gasteiger partial charge in [0.25, 0.3) is 5.91 Å². The maximum Gasteiger partial charge on any atom is 0.256 e. The largest absolute Gasteiger partial charge is 0.306 e. The summed E-state index contributed by atoms with van der Waals surface area (Å²) in [6, 6.07) is 12.7. The van der Waals surface area contributed by atoms with Gasteiger partial charge in [0.15, 0.2) is 0 Å². The van der Waals surface area contributed by atoms with E-state index < -0.39 is 0 Å². The van der Waals surface area contributed by atoms with Crippen LogP contribution in [-0.4, -0.2) is 32.5 Å². The second kappa shape index (κ2) is 8.42. The van der Waals surface area contributed by atoms with E-state index in [2.05, 4.69) is 22.5 Å². The summed E-state index contributed by atoms with van der Waals surface area (Å²) in [7, 11) is 0. The molecule has 2 aliphatic rings. The third-order valence-electron chi connectivity index (χ3n) is 6.53. The lowest BCUT2D eigenvalue weighted by Crippen LogP contribution is -2.28. The lowest BCUT2D eigenvalue weighted by atomic mass is 9.92. The van der Waals surface area contributed by atoms with Crippen LogP contribution in [0, 0.1) is 6.92 Å². The average Bonchev–Trinajstić information content (AvgIpc) is 3.53. The number of imide groups is 1. The van der Waals surface area contributed by atoms with Crippen molar-refractivity contribution in [1.29, 1.82) is 0 Å². The quantitative estimate of drug-likeness (QED) is 0.427. The van der Waals surface area contributed by atoms with Crippen molar-refractivity contribution in [3.05, 3.63) is 64.8 Å². The predicted octanol–water partition coefficient (Wildman–Crippen LogP) is 4.57. The van der Waals surface area contributed by atoms with Crippen molar-refractivity contribution in [3.63, 3.8) is 0 Å². The Kier molecular flexibility index (Phi) is 5.21. The van der Waals surface area contributed by atoms with Gasteiger partial charge in [0.1, 0.15) is 5.82 Å². The molecule has 35 heavy (non-hydrogen) atoms. The summed E-state index contributed by atoms with van der Waals surface area (Å²) in [5.74, 6) is -0.217. The van der Waals surface area contributed by atoms with Crippen molar-refractivity contribution in [1.82, 2.24) is 14.8 Å². The van der Waals surface area contributed by atoms with Crippen LogP contribution in [0.3, 0.4) is 0 Å². The second-order valence-corrected chi connectivity index (χ2v) is 10.0. The Bertz CT molecular complexity index is 1440. The van der Waals surface area contributed by atoms with E-state index in [1.165, 1.54) is 28.9 Å². The summed E-state index contributed by atoms with van der Waals surface area (Å²) in [5.41, 5.74) is 5.40. The average molecular weight is 486 g/mol. The van der Waals surface area contributed by atoms with E-state index in [1.54, 1.807) is 40.3 Å². The molecule has 1 N–H and O–H groups in total. The fourth-order valence-electron chi connectivity index (χ4n) is 4.78. The number of carbonyl (C=O) groups excluding carboxylic acids is 3. The minimum atomic E-state index is -0.312. The lowest BCUT2D eigenvalue weighted by molar-refractivity contribution is -0.121. The molecule has 0 bridgehead atoms. The van der Waals surface area contributed by atoms with Gasteiger partial charge in [-0.05, 0) is 80.1 Å². The van der Waals surface area contributed by atoms with Crippen molar-refractivity contribution in [2.24, 2.45) is 0 Å². The van der Waals surface area contributed by atoms with E-state index in [0.717, 1.165) is 28.8 Å². The number of carbonyl (C=O) groups is 3. The van der Waals surface area contributed by atoms with Crippen LogP contribution in [0.15, 0.2) is 42.5 Å². The first-order valence-electron chi connectivity index (χ1n) is 11.7. The zero-order valence-electron chi connectivity index (χ0n) is 19.2. The molecule has 1 saturated heterocycles. The van der Waals surface area contributed by atoms with E-state index in [0.29, 0.717) is 22.2 Å². The third kappa shape index (κ3) is 3.91. The highest BCUT2D eigenvalue weighted by Crippen LogP contribution is 2.32. The highest BCUT2D eigenvalue weighted by molar-refractivity contribution is 7.20. The number of hydrogen-bond acceptors (Lipinski definition) is 6. The molecule has 0 unspecified atom stereocenters. The van der Waals surface area contributed by atoms with Crippen molar-refractivity contribution >= 4 is 50.8 Å². The molecule has 3 heterocycles. The second-order valence-electron chi connectivity index (χ2n) is 9.00. The fraction of sp³-hybridized carbons (Fsp3) is 0.269. The third-order valence-corrected chi connectivity index (χ3v) is 7.53.